The number of hydrogen-bond donors (Lipinski definition) is 1. The molecule has 0 aromatic carbocycles. The monoisotopic (exact) mass is 304 g/mol. The zero-order valence-electron chi connectivity index (χ0n) is 12.6. The molecule has 1 saturated heterocycles. The van der Waals surface area contributed by atoms with Crippen LogP contribution in [0.5, 0.6) is 0 Å². The first-order chi connectivity index (χ1) is 9.08. The van der Waals surface area contributed by atoms with Gasteiger partial charge in [0.2, 0.25) is 11.8 Å². The van der Waals surface area contributed by atoms with Crippen LogP contribution < -0.4 is 5.32 Å². The molecule has 0 saturated carbocycles. The van der Waals surface area contributed by atoms with Crippen molar-refractivity contribution in [3.63, 3.8) is 0 Å². The summed E-state index contributed by atoms with van der Waals surface area (Å²) >= 11 is 0. The largest absolute Gasteiger partial charge is 0.345 e. The van der Waals surface area contributed by atoms with Gasteiger partial charge in [0.25, 0.3) is 0 Å². The van der Waals surface area contributed by atoms with Crippen LogP contribution in [0, 0.1) is 5.41 Å². The number of sulfone groups is 1. The molecule has 1 aliphatic rings. The fourth-order valence-corrected chi connectivity index (χ4v) is 3.22. The minimum atomic E-state index is -3.04. The minimum absolute atomic E-state index is 0.00799. The van der Waals surface area contributed by atoms with E-state index in [1.807, 2.05) is 20.8 Å². The molecular weight excluding hydrogens is 280 g/mol. The Morgan fingerprint density at radius 1 is 1.30 bits per heavy atom. The predicted octanol–water partition coefficient (Wildman–Crippen LogP) is 0.184. The molecule has 1 fully saturated rings. The lowest BCUT2D eigenvalue weighted by molar-refractivity contribution is -0.150. The molecule has 0 aliphatic carbocycles. The summed E-state index contributed by atoms with van der Waals surface area (Å²) in [7, 11) is -3.04. The first-order valence-corrected chi connectivity index (χ1v) is 8.68. The summed E-state index contributed by atoms with van der Waals surface area (Å²) in [5.41, 5.74) is -0.385. The van der Waals surface area contributed by atoms with E-state index in [1.54, 1.807) is 6.92 Å². The summed E-state index contributed by atoms with van der Waals surface area (Å²) in [4.78, 5) is 25.5. The third-order valence-electron chi connectivity index (χ3n) is 3.41. The summed E-state index contributed by atoms with van der Waals surface area (Å²) in [6, 6.07) is -0.548. The van der Waals surface area contributed by atoms with Crippen LogP contribution in [0.1, 0.15) is 34.1 Å². The molecule has 6 nitrogen and oxygen atoms in total. The van der Waals surface area contributed by atoms with Crippen LogP contribution in [0.25, 0.3) is 0 Å². The predicted molar refractivity (Wildman–Crippen MR) is 76.9 cm³/mol. The van der Waals surface area contributed by atoms with Gasteiger partial charge in [0.05, 0.1) is 12.3 Å². The van der Waals surface area contributed by atoms with Crippen LogP contribution in [0.4, 0.5) is 0 Å². The van der Waals surface area contributed by atoms with Crippen LogP contribution in [0.2, 0.25) is 0 Å². The molecule has 20 heavy (non-hydrogen) atoms. The molecule has 7 heteroatoms. The van der Waals surface area contributed by atoms with Gasteiger partial charge in [0.15, 0.2) is 0 Å². The maximum absolute atomic E-state index is 12.0. The Kier molecular flexibility index (Phi) is 5.18. The molecule has 116 valence electrons. The second kappa shape index (κ2) is 6.11. The van der Waals surface area contributed by atoms with Crippen LogP contribution in [-0.2, 0) is 19.4 Å². The van der Waals surface area contributed by atoms with Gasteiger partial charge in [-0.05, 0) is 11.8 Å². The lowest BCUT2D eigenvalue weighted by Gasteiger charge is -2.42. The lowest BCUT2D eigenvalue weighted by atomic mass is 9.84. The van der Waals surface area contributed by atoms with Gasteiger partial charge < -0.3 is 10.2 Å². The van der Waals surface area contributed by atoms with E-state index >= 15 is 0 Å². The first-order valence-electron chi connectivity index (χ1n) is 6.86. The number of hydrogen-bond acceptors (Lipinski definition) is 4. The molecule has 1 rings (SSSR count). The summed E-state index contributed by atoms with van der Waals surface area (Å²) in [6.45, 7) is 7.58. The summed E-state index contributed by atoms with van der Waals surface area (Å²) in [5.74, 6) is -0.176. The van der Waals surface area contributed by atoms with E-state index in [9.17, 15) is 18.0 Å². The molecule has 1 unspecified atom stereocenters. The highest BCUT2D eigenvalue weighted by Crippen LogP contribution is 2.26. The van der Waals surface area contributed by atoms with E-state index in [4.69, 9.17) is 0 Å². The van der Waals surface area contributed by atoms with Gasteiger partial charge >= 0.3 is 0 Å². The molecule has 1 atom stereocenters. The van der Waals surface area contributed by atoms with E-state index in [2.05, 4.69) is 5.32 Å². The third-order valence-corrected chi connectivity index (χ3v) is 5.20. The molecule has 2 amide bonds. The van der Waals surface area contributed by atoms with Crippen molar-refractivity contribution < 1.29 is 18.0 Å². The van der Waals surface area contributed by atoms with Gasteiger partial charge in [-0.25, -0.2) is 8.42 Å². The molecule has 1 N–H and O–H groups in total. The van der Waals surface area contributed by atoms with Gasteiger partial charge in [-0.1, -0.05) is 27.7 Å². The number of carbonyl (C=O) groups is 2. The number of nitrogens with one attached hydrogen (secondary N) is 1. The van der Waals surface area contributed by atoms with Crippen LogP contribution in [-0.4, -0.2) is 55.8 Å². The highest BCUT2D eigenvalue weighted by molar-refractivity contribution is 7.91. The van der Waals surface area contributed by atoms with Gasteiger partial charge in [-0.15, -0.1) is 0 Å². The fraction of sp³-hybridized carbons (Fsp3) is 0.846. The summed E-state index contributed by atoms with van der Waals surface area (Å²) in [6.07, 6.45) is 0.363. The van der Waals surface area contributed by atoms with Crippen molar-refractivity contribution in [2.24, 2.45) is 5.41 Å². The molecule has 0 spiro atoms. The average Bonchev–Trinajstić information content (AvgIpc) is 2.31. The average molecular weight is 304 g/mol. The van der Waals surface area contributed by atoms with Crippen LogP contribution in [0.3, 0.4) is 0 Å². The Morgan fingerprint density at radius 2 is 1.90 bits per heavy atom. The Bertz CT molecular complexity index is 479. The molecule has 1 aliphatic heterocycles. The van der Waals surface area contributed by atoms with E-state index in [-0.39, 0.29) is 35.3 Å². The number of carbonyl (C=O) groups excluding carboxylic acids is 2. The SMILES string of the molecule is CCS(=O)(=O)CCCN1C(=O)CNC(=O)C1C(C)(C)C. The zero-order chi connectivity index (χ0) is 15.6. The molecule has 0 radical (unpaired) electrons. The smallest absolute Gasteiger partial charge is 0.243 e. The van der Waals surface area contributed by atoms with E-state index in [0.717, 1.165) is 0 Å². The Balaban J connectivity index is 2.77. The molecule has 0 bridgehead atoms. The maximum Gasteiger partial charge on any atom is 0.243 e. The molecule has 1 heterocycles. The van der Waals surface area contributed by atoms with Gasteiger partial charge in [0.1, 0.15) is 15.9 Å². The van der Waals surface area contributed by atoms with Gasteiger partial charge in [-0.2, -0.15) is 0 Å². The molecular formula is C13H24N2O4S. The van der Waals surface area contributed by atoms with Crippen molar-refractivity contribution in [1.29, 1.82) is 0 Å². The first kappa shape index (κ1) is 16.9. The summed E-state index contributed by atoms with van der Waals surface area (Å²) < 4.78 is 23.0. The van der Waals surface area contributed by atoms with Crippen molar-refractivity contribution in [2.45, 2.75) is 40.2 Å². The molecule has 0 aromatic rings. The number of nitrogens with zero attached hydrogens (tertiary/aromatic N) is 1. The highest BCUT2D eigenvalue weighted by atomic mass is 32.2. The van der Waals surface area contributed by atoms with Crippen molar-refractivity contribution in [3.05, 3.63) is 0 Å². The topological polar surface area (TPSA) is 83.6 Å². The van der Waals surface area contributed by atoms with Crippen LogP contribution in [0.15, 0.2) is 0 Å². The number of amides is 2. The van der Waals surface area contributed by atoms with Gasteiger partial charge in [-0.3, -0.25) is 9.59 Å². The zero-order valence-corrected chi connectivity index (χ0v) is 13.4. The van der Waals surface area contributed by atoms with Crippen LogP contribution >= 0.6 is 0 Å². The lowest BCUT2D eigenvalue weighted by Crippen LogP contribution is -2.62. The van der Waals surface area contributed by atoms with E-state index < -0.39 is 15.9 Å². The standard InChI is InChI=1S/C13H24N2O4S/c1-5-20(18,19)8-6-7-15-10(16)9-14-12(17)11(15)13(2,3)4/h11H,5-9H2,1-4H3,(H,14,17). The highest BCUT2D eigenvalue weighted by Gasteiger charge is 2.41. The number of piperazine rings is 1. The Morgan fingerprint density at radius 3 is 2.40 bits per heavy atom. The third kappa shape index (κ3) is 4.19. The van der Waals surface area contributed by atoms with Crippen molar-refractivity contribution in [1.82, 2.24) is 10.2 Å². The normalized spacial score (nSPS) is 21.0. The van der Waals surface area contributed by atoms with Crippen molar-refractivity contribution in [3.8, 4) is 0 Å². The van der Waals surface area contributed by atoms with Gasteiger partial charge in [0, 0.05) is 12.3 Å². The number of rotatable bonds is 5. The molecule has 0 aromatic heterocycles. The van der Waals surface area contributed by atoms with Crippen molar-refractivity contribution in [2.75, 3.05) is 24.6 Å². The fourth-order valence-electron chi connectivity index (χ4n) is 2.36. The van der Waals surface area contributed by atoms with E-state index in [1.165, 1.54) is 4.90 Å². The minimum Gasteiger partial charge on any atom is -0.345 e. The van der Waals surface area contributed by atoms with Crippen molar-refractivity contribution >= 4 is 21.7 Å². The Hall–Kier alpha value is -1.11. The Labute approximate surface area is 120 Å². The summed E-state index contributed by atoms with van der Waals surface area (Å²) in [5, 5.41) is 2.59. The maximum atomic E-state index is 12.0. The second-order valence-corrected chi connectivity index (χ2v) is 8.64. The second-order valence-electron chi connectivity index (χ2n) is 6.16. The van der Waals surface area contributed by atoms with E-state index in [0.29, 0.717) is 13.0 Å². The quantitative estimate of drug-likeness (QED) is 0.785.